The highest BCUT2D eigenvalue weighted by atomic mass is 32.2. The van der Waals surface area contributed by atoms with Crippen LogP contribution in [-0.4, -0.2) is 64.9 Å². The van der Waals surface area contributed by atoms with E-state index in [9.17, 15) is 18.3 Å². The second-order valence-electron chi connectivity index (χ2n) is 9.93. The minimum absolute atomic E-state index is 0.168. The Bertz CT molecular complexity index is 1290. The van der Waals surface area contributed by atoms with E-state index in [4.69, 9.17) is 4.74 Å². The van der Waals surface area contributed by atoms with E-state index in [1.807, 2.05) is 20.8 Å². The number of hydrogen-bond donors (Lipinski definition) is 3. The molecule has 0 spiro atoms. The van der Waals surface area contributed by atoms with Gasteiger partial charge in [0.2, 0.25) is 16.4 Å². The van der Waals surface area contributed by atoms with Gasteiger partial charge in [0.05, 0.1) is 16.1 Å². The Kier molecular flexibility index (Phi) is 7.76. The molecule has 1 aliphatic heterocycles. The molecule has 0 aliphatic carbocycles. The van der Waals surface area contributed by atoms with Crippen LogP contribution < -0.4 is 10.0 Å². The van der Waals surface area contributed by atoms with Gasteiger partial charge in [-0.2, -0.15) is 0 Å². The smallest absolute Gasteiger partial charge is 0.253 e. The quantitative estimate of drug-likeness (QED) is 0.392. The molecule has 1 unspecified atom stereocenters. The number of nitrogens with zero attached hydrogens (tertiary/aromatic N) is 3. The molecule has 0 saturated carbocycles. The number of aliphatic hydroxyl groups is 1. The lowest BCUT2D eigenvalue weighted by molar-refractivity contribution is -0.242. The van der Waals surface area contributed by atoms with E-state index < -0.39 is 22.0 Å². The number of pyridine rings is 1. The zero-order valence-corrected chi connectivity index (χ0v) is 21.5. The maximum absolute atomic E-state index is 12.9. The number of carbonyl (C=O) groups excluding carboxylic acids is 1. The number of benzene rings is 1. The number of imidazole rings is 1. The number of carbonyl (C=O) groups is 1. The molecule has 1 fully saturated rings. The largest absolute Gasteiger partial charge is 0.356 e. The van der Waals surface area contributed by atoms with Crippen molar-refractivity contribution < 1.29 is 23.1 Å². The van der Waals surface area contributed by atoms with Crippen molar-refractivity contribution in [3.8, 4) is 0 Å². The maximum atomic E-state index is 12.9. The van der Waals surface area contributed by atoms with Gasteiger partial charge >= 0.3 is 0 Å². The molecule has 3 heterocycles. The molecular weight excluding hydrogens is 482 g/mol. The van der Waals surface area contributed by atoms with Gasteiger partial charge in [-0.05, 0) is 63.4 Å². The molecule has 3 aromatic rings. The Labute approximate surface area is 211 Å². The maximum Gasteiger partial charge on any atom is 0.253 e. The molecular formula is C25H33N5O5S. The number of ether oxygens (including phenoxy) is 1. The highest BCUT2D eigenvalue weighted by Crippen LogP contribution is 2.19. The molecule has 2 aromatic heterocycles. The van der Waals surface area contributed by atoms with E-state index in [1.54, 1.807) is 52.2 Å². The first-order chi connectivity index (χ1) is 17.0. The topological polar surface area (TPSA) is 125 Å². The van der Waals surface area contributed by atoms with Crippen molar-refractivity contribution in [3.63, 3.8) is 0 Å². The predicted octanol–water partition coefficient (Wildman–Crippen LogP) is 2.10. The SMILES string of the molecule is CC(C)(C)OC(O)N1CCC(NS(=O)(=O)c2ccc(CNC(=O)c3ccc4nccn4c3)cc2)CC1. The summed E-state index contributed by atoms with van der Waals surface area (Å²) in [6.45, 7) is 6.94. The number of nitrogens with one attached hydrogen (secondary N) is 2. The Balaban J connectivity index is 1.28. The van der Waals surface area contributed by atoms with Crippen LogP contribution in [0.1, 0.15) is 49.5 Å². The molecule has 11 heteroatoms. The van der Waals surface area contributed by atoms with Crippen LogP contribution in [0.5, 0.6) is 0 Å². The van der Waals surface area contributed by atoms with E-state index in [0.717, 1.165) is 11.2 Å². The van der Waals surface area contributed by atoms with Gasteiger partial charge in [-0.1, -0.05) is 12.1 Å². The summed E-state index contributed by atoms with van der Waals surface area (Å²) < 4.78 is 35.9. The van der Waals surface area contributed by atoms with Crippen molar-refractivity contribution in [2.24, 2.45) is 0 Å². The van der Waals surface area contributed by atoms with Crippen LogP contribution in [0.4, 0.5) is 0 Å². The molecule has 4 rings (SSSR count). The van der Waals surface area contributed by atoms with Gasteiger partial charge in [-0.3, -0.25) is 9.69 Å². The summed E-state index contributed by atoms with van der Waals surface area (Å²) in [7, 11) is -3.69. The van der Waals surface area contributed by atoms with Crippen molar-refractivity contribution in [1.29, 1.82) is 0 Å². The zero-order chi connectivity index (χ0) is 25.9. The van der Waals surface area contributed by atoms with Crippen molar-refractivity contribution in [2.75, 3.05) is 13.1 Å². The highest BCUT2D eigenvalue weighted by Gasteiger charge is 2.29. The standard InChI is InChI=1S/C25H33N5O5S/c1-25(2,3)35-24(32)29-13-10-20(11-14-29)28-36(33,34)21-7-4-18(5-8-21)16-27-23(31)19-6-9-22-26-12-15-30(22)17-19/h4-9,12,15,17,20,24,28,32H,10-11,13-14,16H2,1-3H3,(H,27,31). The number of aromatic nitrogens is 2. The normalized spacial score (nSPS) is 16.8. The molecule has 1 aromatic carbocycles. The van der Waals surface area contributed by atoms with Crippen molar-refractivity contribution in [3.05, 3.63) is 66.1 Å². The van der Waals surface area contributed by atoms with E-state index >= 15 is 0 Å². The van der Waals surface area contributed by atoms with Crippen LogP contribution in [0.3, 0.4) is 0 Å². The van der Waals surface area contributed by atoms with E-state index in [-0.39, 0.29) is 23.4 Å². The first-order valence-electron chi connectivity index (χ1n) is 11.9. The van der Waals surface area contributed by atoms with E-state index in [0.29, 0.717) is 31.5 Å². The minimum atomic E-state index is -3.69. The van der Waals surface area contributed by atoms with Crippen LogP contribution in [0.2, 0.25) is 0 Å². The lowest BCUT2D eigenvalue weighted by atomic mass is 10.1. The molecule has 36 heavy (non-hydrogen) atoms. The molecule has 0 radical (unpaired) electrons. The molecule has 1 atom stereocenters. The van der Waals surface area contributed by atoms with Gasteiger partial charge in [-0.15, -0.1) is 0 Å². The van der Waals surface area contributed by atoms with E-state index in [1.165, 1.54) is 12.1 Å². The summed E-state index contributed by atoms with van der Waals surface area (Å²) in [6.07, 6.45) is 5.27. The second-order valence-corrected chi connectivity index (χ2v) is 11.6. The Hall–Kier alpha value is -2.83. The first-order valence-corrected chi connectivity index (χ1v) is 13.4. The number of likely N-dealkylation sites (tertiary alicyclic amines) is 1. The Morgan fingerprint density at radius 3 is 2.53 bits per heavy atom. The molecule has 194 valence electrons. The van der Waals surface area contributed by atoms with Gasteiger partial charge in [0.15, 0.2) is 0 Å². The summed E-state index contributed by atoms with van der Waals surface area (Å²) in [6, 6.07) is 9.72. The van der Waals surface area contributed by atoms with Gasteiger partial charge in [0, 0.05) is 44.3 Å². The fraction of sp³-hybridized carbons (Fsp3) is 0.440. The summed E-state index contributed by atoms with van der Waals surface area (Å²) >= 11 is 0. The molecule has 0 bridgehead atoms. The minimum Gasteiger partial charge on any atom is -0.356 e. The monoisotopic (exact) mass is 515 g/mol. The summed E-state index contributed by atoms with van der Waals surface area (Å²) in [5.41, 5.74) is 1.58. The number of amides is 1. The second kappa shape index (κ2) is 10.7. The molecule has 1 saturated heterocycles. The molecule has 1 aliphatic rings. The number of hydrogen-bond acceptors (Lipinski definition) is 7. The van der Waals surface area contributed by atoms with Crippen molar-refractivity contribution >= 4 is 21.6 Å². The van der Waals surface area contributed by atoms with Crippen LogP contribution in [-0.2, 0) is 21.3 Å². The molecule has 1 amide bonds. The van der Waals surface area contributed by atoms with Gasteiger partial charge < -0.3 is 19.6 Å². The lowest BCUT2D eigenvalue weighted by Crippen LogP contribution is -2.50. The lowest BCUT2D eigenvalue weighted by Gasteiger charge is -2.37. The van der Waals surface area contributed by atoms with Crippen LogP contribution >= 0.6 is 0 Å². The van der Waals surface area contributed by atoms with Crippen LogP contribution in [0, 0.1) is 0 Å². The third kappa shape index (κ3) is 6.68. The molecule has 3 N–H and O–H groups in total. The average molecular weight is 516 g/mol. The fourth-order valence-electron chi connectivity index (χ4n) is 4.04. The predicted molar refractivity (Wildman–Crippen MR) is 135 cm³/mol. The number of piperidine rings is 1. The number of aliphatic hydroxyl groups excluding tert-OH is 1. The highest BCUT2D eigenvalue weighted by molar-refractivity contribution is 7.89. The zero-order valence-electron chi connectivity index (χ0n) is 20.7. The van der Waals surface area contributed by atoms with Gasteiger partial charge in [0.1, 0.15) is 5.65 Å². The van der Waals surface area contributed by atoms with Crippen molar-refractivity contribution in [2.45, 2.75) is 63.1 Å². The van der Waals surface area contributed by atoms with Crippen molar-refractivity contribution in [1.82, 2.24) is 24.3 Å². The number of sulfonamides is 1. The fourth-order valence-corrected chi connectivity index (χ4v) is 5.35. The average Bonchev–Trinajstić information content (AvgIpc) is 3.30. The van der Waals surface area contributed by atoms with E-state index in [2.05, 4.69) is 15.0 Å². The number of rotatable bonds is 8. The Morgan fingerprint density at radius 1 is 1.17 bits per heavy atom. The first kappa shape index (κ1) is 26.2. The van der Waals surface area contributed by atoms with Gasteiger partial charge in [0.25, 0.3) is 5.91 Å². The van der Waals surface area contributed by atoms with Crippen LogP contribution in [0.25, 0.3) is 5.65 Å². The summed E-state index contributed by atoms with van der Waals surface area (Å²) in [4.78, 5) is 18.6. The Morgan fingerprint density at radius 2 is 1.86 bits per heavy atom. The summed E-state index contributed by atoms with van der Waals surface area (Å²) in [5, 5.41) is 13.1. The van der Waals surface area contributed by atoms with Gasteiger partial charge in [-0.25, -0.2) is 18.1 Å². The van der Waals surface area contributed by atoms with Crippen LogP contribution in [0.15, 0.2) is 59.9 Å². The third-order valence-electron chi connectivity index (χ3n) is 5.96. The number of fused-ring (bicyclic) bond motifs is 1. The third-order valence-corrected chi connectivity index (χ3v) is 7.50. The molecule has 10 nitrogen and oxygen atoms in total. The summed E-state index contributed by atoms with van der Waals surface area (Å²) in [5.74, 6) is -0.228.